The smallest absolute Gasteiger partial charge is 0.159 e. The number of hydrogen-bond acceptors (Lipinski definition) is 4. The van der Waals surface area contributed by atoms with Crippen LogP contribution in [0.15, 0.2) is 0 Å². The number of likely N-dealkylation sites (N-methyl/N-ethyl adjacent to an activating group) is 1. The van der Waals surface area contributed by atoms with Crippen LogP contribution < -0.4 is 0 Å². The lowest BCUT2D eigenvalue weighted by Gasteiger charge is -2.32. The Morgan fingerprint density at radius 1 is 1.24 bits per heavy atom. The average molecular weight is 294 g/mol. The van der Waals surface area contributed by atoms with Crippen LogP contribution >= 0.6 is 0 Å². The van der Waals surface area contributed by atoms with Crippen LogP contribution in [0.5, 0.6) is 0 Å². The largest absolute Gasteiger partial charge is 0.353 e. The third-order valence-corrected chi connectivity index (χ3v) is 4.46. The van der Waals surface area contributed by atoms with Crippen molar-refractivity contribution >= 4 is 0 Å². The van der Waals surface area contributed by atoms with Gasteiger partial charge in [0.1, 0.15) is 5.60 Å². The van der Waals surface area contributed by atoms with Gasteiger partial charge >= 0.3 is 0 Å². The molecule has 0 aromatic rings. The van der Waals surface area contributed by atoms with Crippen molar-refractivity contribution in [1.82, 2.24) is 9.80 Å². The van der Waals surface area contributed by atoms with Gasteiger partial charge in [-0.25, -0.2) is 0 Å². The molecule has 2 aliphatic rings. The van der Waals surface area contributed by atoms with Gasteiger partial charge < -0.3 is 14.4 Å². The minimum Gasteiger partial charge on any atom is -0.353 e. The molecule has 2 fully saturated rings. The summed E-state index contributed by atoms with van der Waals surface area (Å²) in [7, 11) is 2.18. The van der Waals surface area contributed by atoms with E-state index < -0.39 is 0 Å². The Morgan fingerprint density at radius 2 is 2.00 bits per heavy atom. The zero-order chi connectivity index (χ0) is 15.1. The SMILES string of the molecule is CC[C@](C)(C#CCN1CCN(C)CC1)O[C@@H]1CCCCO1. The van der Waals surface area contributed by atoms with E-state index in [0.29, 0.717) is 0 Å². The third-order valence-electron chi connectivity index (χ3n) is 4.46. The summed E-state index contributed by atoms with van der Waals surface area (Å²) in [5.41, 5.74) is -0.380. The molecule has 2 atom stereocenters. The van der Waals surface area contributed by atoms with E-state index in [4.69, 9.17) is 9.47 Å². The first-order valence-corrected chi connectivity index (χ1v) is 8.32. The van der Waals surface area contributed by atoms with Crippen LogP contribution in [-0.4, -0.2) is 68.1 Å². The lowest BCUT2D eigenvalue weighted by Crippen LogP contribution is -2.44. The van der Waals surface area contributed by atoms with Crippen LogP contribution in [0.4, 0.5) is 0 Å². The molecule has 0 aromatic carbocycles. The van der Waals surface area contributed by atoms with E-state index in [9.17, 15) is 0 Å². The highest BCUT2D eigenvalue weighted by Gasteiger charge is 2.26. The Labute approximate surface area is 129 Å². The molecule has 2 rings (SSSR count). The summed E-state index contributed by atoms with van der Waals surface area (Å²) in [6.07, 6.45) is 4.16. The van der Waals surface area contributed by atoms with Gasteiger partial charge in [-0.05, 0) is 39.7 Å². The lowest BCUT2D eigenvalue weighted by molar-refractivity contribution is -0.204. The Hall–Kier alpha value is -0.600. The van der Waals surface area contributed by atoms with E-state index in [-0.39, 0.29) is 11.9 Å². The maximum Gasteiger partial charge on any atom is 0.159 e. The zero-order valence-corrected chi connectivity index (χ0v) is 13.9. The molecule has 0 amide bonds. The molecule has 0 bridgehead atoms. The molecule has 0 saturated carbocycles. The summed E-state index contributed by atoms with van der Waals surface area (Å²) in [5, 5.41) is 0. The maximum atomic E-state index is 6.11. The Balaban J connectivity index is 1.81. The van der Waals surface area contributed by atoms with E-state index in [2.05, 4.69) is 42.5 Å². The van der Waals surface area contributed by atoms with Gasteiger partial charge in [-0.1, -0.05) is 18.8 Å². The fourth-order valence-electron chi connectivity index (χ4n) is 2.64. The molecular weight excluding hydrogens is 264 g/mol. The van der Waals surface area contributed by atoms with E-state index >= 15 is 0 Å². The van der Waals surface area contributed by atoms with Gasteiger partial charge in [0.05, 0.1) is 6.54 Å². The Morgan fingerprint density at radius 3 is 2.62 bits per heavy atom. The third kappa shape index (κ3) is 5.60. The number of nitrogens with zero attached hydrogens (tertiary/aromatic N) is 2. The topological polar surface area (TPSA) is 24.9 Å². The lowest BCUT2D eigenvalue weighted by atomic mass is 10.0. The molecule has 2 saturated heterocycles. The summed E-state index contributed by atoms with van der Waals surface area (Å²) in [5.74, 6) is 6.67. The molecule has 0 aromatic heterocycles. The molecule has 0 unspecified atom stereocenters. The Bertz CT molecular complexity index is 363. The summed E-state index contributed by atoms with van der Waals surface area (Å²) < 4.78 is 11.8. The summed E-state index contributed by atoms with van der Waals surface area (Å²) in [4.78, 5) is 4.78. The van der Waals surface area contributed by atoms with E-state index in [1.807, 2.05) is 0 Å². The number of hydrogen-bond donors (Lipinski definition) is 0. The van der Waals surface area contributed by atoms with E-state index in [1.165, 1.54) is 6.42 Å². The number of ether oxygens (including phenoxy) is 2. The summed E-state index contributed by atoms with van der Waals surface area (Å²) in [6.45, 7) is 10.4. The van der Waals surface area contributed by atoms with Crippen molar-refractivity contribution in [3.63, 3.8) is 0 Å². The van der Waals surface area contributed by atoms with Gasteiger partial charge in [0.15, 0.2) is 6.29 Å². The number of rotatable bonds is 4. The molecule has 120 valence electrons. The first kappa shape index (κ1) is 16.8. The number of piperazine rings is 1. The normalized spacial score (nSPS) is 27.7. The van der Waals surface area contributed by atoms with Gasteiger partial charge in [0.25, 0.3) is 0 Å². The van der Waals surface area contributed by atoms with Crippen molar-refractivity contribution in [2.75, 3.05) is 46.4 Å². The molecule has 4 nitrogen and oxygen atoms in total. The highest BCUT2D eigenvalue weighted by molar-refractivity contribution is 5.14. The molecular formula is C17H30N2O2. The molecule has 0 aliphatic carbocycles. The van der Waals surface area contributed by atoms with Gasteiger partial charge in [-0.15, -0.1) is 0 Å². The molecule has 0 N–H and O–H groups in total. The maximum absolute atomic E-state index is 6.11. The Kier molecular flexibility index (Phi) is 6.50. The van der Waals surface area contributed by atoms with Crippen molar-refractivity contribution in [2.45, 2.75) is 51.4 Å². The predicted octanol–water partition coefficient (Wildman–Crippen LogP) is 1.95. The summed E-state index contributed by atoms with van der Waals surface area (Å²) in [6, 6.07) is 0. The predicted molar refractivity (Wildman–Crippen MR) is 85.1 cm³/mol. The first-order chi connectivity index (χ1) is 10.1. The van der Waals surface area contributed by atoms with Crippen molar-refractivity contribution < 1.29 is 9.47 Å². The van der Waals surface area contributed by atoms with Crippen molar-refractivity contribution in [2.24, 2.45) is 0 Å². The van der Waals surface area contributed by atoms with Crippen LogP contribution in [0.25, 0.3) is 0 Å². The second-order valence-corrected chi connectivity index (χ2v) is 6.38. The van der Waals surface area contributed by atoms with Crippen LogP contribution in [0, 0.1) is 11.8 Å². The van der Waals surface area contributed by atoms with Crippen molar-refractivity contribution in [3.05, 3.63) is 0 Å². The zero-order valence-electron chi connectivity index (χ0n) is 13.9. The highest BCUT2D eigenvalue weighted by Crippen LogP contribution is 2.22. The summed E-state index contributed by atoms with van der Waals surface area (Å²) >= 11 is 0. The monoisotopic (exact) mass is 294 g/mol. The van der Waals surface area contributed by atoms with Crippen LogP contribution in [0.1, 0.15) is 39.5 Å². The van der Waals surface area contributed by atoms with Gasteiger partial charge in [-0.2, -0.15) is 0 Å². The van der Waals surface area contributed by atoms with Crippen molar-refractivity contribution in [3.8, 4) is 11.8 Å². The van der Waals surface area contributed by atoms with E-state index in [0.717, 1.165) is 58.6 Å². The molecule has 0 spiro atoms. The van der Waals surface area contributed by atoms with Gasteiger partial charge in [0.2, 0.25) is 0 Å². The first-order valence-electron chi connectivity index (χ1n) is 8.32. The molecule has 0 radical (unpaired) electrons. The second-order valence-electron chi connectivity index (χ2n) is 6.38. The van der Waals surface area contributed by atoms with Gasteiger partial charge in [-0.3, -0.25) is 4.90 Å². The van der Waals surface area contributed by atoms with Crippen LogP contribution in [0.3, 0.4) is 0 Å². The average Bonchev–Trinajstić information content (AvgIpc) is 2.50. The second kappa shape index (κ2) is 8.14. The molecule has 2 heterocycles. The molecule has 21 heavy (non-hydrogen) atoms. The standard InChI is InChI=1S/C17H30N2O2/c1-4-17(2,21-16-8-5-6-15-20-16)9-7-10-19-13-11-18(3)12-14-19/h16H,4-6,8,10-15H2,1-3H3/t16-,17-/m1/s1. The van der Waals surface area contributed by atoms with Crippen LogP contribution in [0.2, 0.25) is 0 Å². The fraction of sp³-hybridized carbons (Fsp3) is 0.882. The molecule has 4 heteroatoms. The minimum atomic E-state index is -0.380. The highest BCUT2D eigenvalue weighted by atomic mass is 16.7. The molecule has 2 aliphatic heterocycles. The minimum absolute atomic E-state index is 0.0679. The fourth-order valence-corrected chi connectivity index (χ4v) is 2.64. The van der Waals surface area contributed by atoms with E-state index in [1.54, 1.807) is 0 Å². The quantitative estimate of drug-likeness (QED) is 0.740. The van der Waals surface area contributed by atoms with Crippen LogP contribution in [-0.2, 0) is 9.47 Å². The van der Waals surface area contributed by atoms with Crippen molar-refractivity contribution in [1.29, 1.82) is 0 Å². The van der Waals surface area contributed by atoms with Gasteiger partial charge in [0, 0.05) is 32.8 Å².